The SMILES string of the molecule is CCn1cc(C(C)N2CCC(N3CCC(N)CC3)C2)cn1. The van der Waals surface area contributed by atoms with Gasteiger partial charge in [0.15, 0.2) is 0 Å². The largest absolute Gasteiger partial charge is 0.328 e. The predicted molar refractivity (Wildman–Crippen MR) is 85.1 cm³/mol. The van der Waals surface area contributed by atoms with Crippen LogP contribution < -0.4 is 5.73 Å². The van der Waals surface area contributed by atoms with E-state index in [1.807, 2.05) is 10.9 Å². The van der Waals surface area contributed by atoms with E-state index in [0.717, 1.165) is 25.4 Å². The molecule has 0 aromatic carbocycles. The van der Waals surface area contributed by atoms with Crippen LogP contribution in [0.25, 0.3) is 0 Å². The van der Waals surface area contributed by atoms with Crippen LogP contribution in [-0.4, -0.2) is 57.8 Å². The zero-order valence-electron chi connectivity index (χ0n) is 13.4. The van der Waals surface area contributed by atoms with Gasteiger partial charge in [0.25, 0.3) is 0 Å². The fourth-order valence-electron chi connectivity index (χ4n) is 3.68. The Labute approximate surface area is 128 Å². The molecule has 2 N–H and O–H groups in total. The van der Waals surface area contributed by atoms with Gasteiger partial charge in [-0.05, 0) is 46.2 Å². The van der Waals surface area contributed by atoms with Gasteiger partial charge in [-0.25, -0.2) is 0 Å². The lowest BCUT2D eigenvalue weighted by molar-refractivity contribution is 0.146. The molecule has 2 fully saturated rings. The van der Waals surface area contributed by atoms with Crippen molar-refractivity contribution >= 4 is 0 Å². The van der Waals surface area contributed by atoms with Gasteiger partial charge in [-0.2, -0.15) is 5.10 Å². The molecular formula is C16H29N5. The average molecular weight is 291 g/mol. The molecule has 0 saturated carbocycles. The van der Waals surface area contributed by atoms with E-state index in [-0.39, 0.29) is 0 Å². The summed E-state index contributed by atoms with van der Waals surface area (Å²) in [5.41, 5.74) is 7.36. The van der Waals surface area contributed by atoms with E-state index in [1.165, 1.54) is 38.2 Å². The Morgan fingerprint density at radius 2 is 2.05 bits per heavy atom. The molecule has 5 nitrogen and oxygen atoms in total. The summed E-state index contributed by atoms with van der Waals surface area (Å²) < 4.78 is 2.02. The molecule has 0 spiro atoms. The maximum absolute atomic E-state index is 6.02. The van der Waals surface area contributed by atoms with Crippen LogP contribution >= 0.6 is 0 Å². The highest BCUT2D eigenvalue weighted by molar-refractivity contribution is 5.10. The summed E-state index contributed by atoms with van der Waals surface area (Å²) in [4.78, 5) is 5.27. The lowest BCUT2D eigenvalue weighted by Crippen LogP contribution is -2.46. The molecule has 0 radical (unpaired) electrons. The van der Waals surface area contributed by atoms with Crippen molar-refractivity contribution in [3.8, 4) is 0 Å². The van der Waals surface area contributed by atoms with Crippen molar-refractivity contribution in [3.05, 3.63) is 18.0 Å². The highest BCUT2D eigenvalue weighted by Gasteiger charge is 2.32. The molecule has 21 heavy (non-hydrogen) atoms. The fourth-order valence-corrected chi connectivity index (χ4v) is 3.68. The number of rotatable bonds is 4. The molecule has 2 aliphatic rings. The van der Waals surface area contributed by atoms with Crippen LogP contribution in [0.5, 0.6) is 0 Å². The molecule has 2 aliphatic heterocycles. The van der Waals surface area contributed by atoms with E-state index in [0.29, 0.717) is 12.1 Å². The molecule has 0 aliphatic carbocycles. The van der Waals surface area contributed by atoms with E-state index in [9.17, 15) is 0 Å². The first-order chi connectivity index (χ1) is 10.2. The number of hydrogen-bond acceptors (Lipinski definition) is 4. The van der Waals surface area contributed by atoms with Crippen molar-refractivity contribution in [2.24, 2.45) is 5.73 Å². The van der Waals surface area contributed by atoms with Crippen LogP contribution in [-0.2, 0) is 6.54 Å². The second-order valence-electron chi connectivity index (χ2n) is 6.62. The zero-order valence-corrected chi connectivity index (χ0v) is 13.4. The minimum absolute atomic E-state index is 0.428. The molecule has 5 heteroatoms. The Balaban J connectivity index is 1.56. The van der Waals surface area contributed by atoms with E-state index in [1.54, 1.807) is 0 Å². The molecule has 2 unspecified atom stereocenters. The second kappa shape index (κ2) is 6.46. The summed E-state index contributed by atoms with van der Waals surface area (Å²) in [7, 11) is 0. The van der Waals surface area contributed by atoms with Crippen molar-refractivity contribution in [3.63, 3.8) is 0 Å². The van der Waals surface area contributed by atoms with Crippen molar-refractivity contribution in [2.45, 2.75) is 57.8 Å². The topological polar surface area (TPSA) is 50.3 Å². The van der Waals surface area contributed by atoms with Crippen LogP contribution in [0.15, 0.2) is 12.4 Å². The molecule has 118 valence electrons. The van der Waals surface area contributed by atoms with Gasteiger partial charge in [0.05, 0.1) is 6.20 Å². The zero-order chi connectivity index (χ0) is 14.8. The first kappa shape index (κ1) is 15.0. The van der Waals surface area contributed by atoms with Gasteiger partial charge in [0, 0.05) is 49.5 Å². The summed E-state index contributed by atoms with van der Waals surface area (Å²) in [5.74, 6) is 0. The van der Waals surface area contributed by atoms with E-state index in [4.69, 9.17) is 5.73 Å². The van der Waals surface area contributed by atoms with Crippen LogP contribution in [0.4, 0.5) is 0 Å². The Kier molecular flexibility index (Phi) is 4.62. The highest BCUT2D eigenvalue weighted by Crippen LogP contribution is 2.27. The fraction of sp³-hybridized carbons (Fsp3) is 0.812. The first-order valence-electron chi connectivity index (χ1n) is 8.43. The average Bonchev–Trinajstić information content (AvgIpc) is 3.16. The standard InChI is InChI=1S/C16H29N5/c1-3-21-11-14(10-18-21)13(2)20-9-6-16(12-20)19-7-4-15(17)5-8-19/h10-11,13,15-16H,3-9,12,17H2,1-2H3. The highest BCUT2D eigenvalue weighted by atomic mass is 15.3. The van der Waals surface area contributed by atoms with Gasteiger partial charge >= 0.3 is 0 Å². The summed E-state index contributed by atoms with van der Waals surface area (Å²) in [6.07, 6.45) is 7.84. The summed E-state index contributed by atoms with van der Waals surface area (Å²) >= 11 is 0. The minimum atomic E-state index is 0.428. The van der Waals surface area contributed by atoms with Gasteiger partial charge in [-0.15, -0.1) is 0 Å². The van der Waals surface area contributed by atoms with Crippen LogP contribution in [0, 0.1) is 0 Å². The third kappa shape index (κ3) is 3.30. The van der Waals surface area contributed by atoms with E-state index < -0.39 is 0 Å². The number of nitrogens with two attached hydrogens (primary N) is 1. The van der Waals surface area contributed by atoms with Gasteiger partial charge in [0.1, 0.15) is 0 Å². The van der Waals surface area contributed by atoms with Crippen molar-refractivity contribution in [1.82, 2.24) is 19.6 Å². The van der Waals surface area contributed by atoms with E-state index >= 15 is 0 Å². The number of likely N-dealkylation sites (tertiary alicyclic amines) is 2. The molecule has 0 amide bonds. The van der Waals surface area contributed by atoms with Crippen molar-refractivity contribution in [1.29, 1.82) is 0 Å². The molecular weight excluding hydrogens is 262 g/mol. The van der Waals surface area contributed by atoms with Crippen LogP contribution in [0.2, 0.25) is 0 Å². The normalized spacial score (nSPS) is 27.3. The summed E-state index contributed by atoms with van der Waals surface area (Å²) in [5, 5.41) is 4.41. The molecule has 2 saturated heterocycles. The number of nitrogens with zero attached hydrogens (tertiary/aromatic N) is 4. The summed E-state index contributed by atoms with van der Waals surface area (Å²) in [6, 6.07) is 1.63. The quantitative estimate of drug-likeness (QED) is 0.912. The molecule has 0 bridgehead atoms. The van der Waals surface area contributed by atoms with E-state index in [2.05, 4.69) is 34.9 Å². The predicted octanol–water partition coefficient (Wildman–Crippen LogP) is 1.46. The smallest absolute Gasteiger partial charge is 0.0537 e. The minimum Gasteiger partial charge on any atom is -0.328 e. The second-order valence-corrected chi connectivity index (χ2v) is 6.62. The molecule has 3 rings (SSSR count). The Bertz CT molecular complexity index is 449. The van der Waals surface area contributed by atoms with Crippen LogP contribution in [0.1, 0.15) is 44.7 Å². The number of piperidine rings is 1. The Hall–Kier alpha value is -0.910. The Morgan fingerprint density at radius 3 is 2.71 bits per heavy atom. The molecule has 1 aromatic rings. The van der Waals surface area contributed by atoms with Crippen LogP contribution in [0.3, 0.4) is 0 Å². The maximum atomic E-state index is 6.02. The molecule has 2 atom stereocenters. The number of hydrogen-bond donors (Lipinski definition) is 1. The lowest BCUT2D eigenvalue weighted by atomic mass is 10.0. The maximum Gasteiger partial charge on any atom is 0.0537 e. The molecule has 3 heterocycles. The number of aromatic nitrogens is 2. The van der Waals surface area contributed by atoms with Gasteiger partial charge in [-0.3, -0.25) is 14.5 Å². The van der Waals surface area contributed by atoms with Crippen molar-refractivity contribution in [2.75, 3.05) is 26.2 Å². The lowest BCUT2D eigenvalue weighted by Gasteiger charge is -2.35. The number of aryl methyl sites for hydroxylation is 1. The Morgan fingerprint density at radius 1 is 1.29 bits per heavy atom. The van der Waals surface area contributed by atoms with Gasteiger partial charge in [-0.1, -0.05) is 0 Å². The summed E-state index contributed by atoms with van der Waals surface area (Å²) in [6.45, 7) is 10.1. The third-order valence-electron chi connectivity index (χ3n) is 5.29. The first-order valence-corrected chi connectivity index (χ1v) is 8.43. The van der Waals surface area contributed by atoms with Crippen molar-refractivity contribution < 1.29 is 0 Å². The molecule has 1 aromatic heterocycles. The monoisotopic (exact) mass is 291 g/mol. The van der Waals surface area contributed by atoms with Gasteiger partial charge in [0.2, 0.25) is 0 Å². The van der Waals surface area contributed by atoms with Gasteiger partial charge < -0.3 is 5.73 Å². The third-order valence-corrected chi connectivity index (χ3v) is 5.29.